The highest BCUT2D eigenvalue weighted by Crippen LogP contribution is 2.13. The Bertz CT molecular complexity index is 640. The van der Waals surface area contributed by atoms with Gasteiger partial charge < -0.3 is 10.2 Å². The Morgan fingerprint density at radius 2 is 1.82 bits per heavy atom. The molecule has 1 amide bonds. The summed E-state index contributed by atoms with van der Waals surface area (Å²) in [5.74, 6) is 0.00778. The lowest BCUT2D eigenvalue weighted by atomic mass is 10.1. The molecule has 0 spiro atoms. The molecule has 0 aliphatic heterocycles. The summed E-state index contributed by atoms with van der Waals surface area (Å²) in [4.78, 5) is 13.5. The molecule has 0 fully saturated rings. The quantitative estimate of drug-likeness (QED) is 0.873. The van der Waals surface area contributed by atoms with E-state index >= 15 is 0 Å². The number of likely N-dealkylation sites (N-methyl/N-ethyl adjacent to an activating group) is 1. The second kappa shape index (κ2) is 7.43. The topological polar surface area (TPSA) is 33.5 Å². The molecule has 2 rings (SSSR count). The Morgan fingerprint density at radius 3 is 2.45 bits per heavy atom. The van der Waals surface area contributed by atoms with Crippen LogP contribution in [0.4, 0.5) is 5.69 Å². The molecule has 3 nitrogen and oxygen atoms in total. The Hall–Kier alpha value is -1.84. The third-order valence-corrected chi connectivity index (χ3v) is 4.23. The summed E-state index contributed by atoms with van der Waals surface area (Å²) in [7, 11) is 2.04. The van der Waals surface area contributed by atoms with Crippen molar-refractivity contribution < 1.29 is 9.69 Å². The van der Waals surface area contributed by atoms with Gasteiger partial charge in [0.15, 0.2) is 6.04 Å². The van der Waals surface area contributed by atoms with E-state index in [1.807, 2.05) is 38.2 Å². The van der Waals surface area contributed by atoms with E-state index in [-0.39, 0.29) is 11.9 Å². The molecule has 0 saturated heterocycles. The molecule has 1 unspecified atom stereocenters. The molecule has 0 saturated carbocycles. The first-order valence-corrected chi connectivity index (χ1v) is 7.78. The second-order valence-corrected chi connectivity index (χ2v) is 6.10. The van der Waals surface area contributed by atoms with E-state index in [9.17, 15) is 4.79 Å². The molecule has 0 radical (unpaired) electrons. The van der Waals surface area contributed by atoms with E-state index in [4.69, 9.17) is 11.6 Å². The lowest BCUT2D eigenvalue weighted by Crippen LogP contribution is -3.12. The number of hydrogen-bond donors (Lipinski definition) is 2. The molecule has 0 aromatic heterocycles. The minimum atomic E-state index is -0.143. The van der Waals surface area contributed by atoms with Gasteiger partial charge in [0, 0.05) is 16.3 Å². The number of anilines is 1. The maximum Gasteiger partial charge on any atom is 0.282 e. The highest BCUT2D eigenvalue weighted by atomic mass is 35.5. The van der Waals surface area contributed by atoms with E-state index in [1.165, 1.54) is 11.1 Å². The maximum atomic E-state index is 12.3. The lowest BCUT2D eigenvalue weighted by Gasteiger charge is -2.22. The molecule has 116 valence electrons. The van der Waals surface area contributed by atoms with E-state index in [0.29, 0.717) is 5.02 Å². The van der Waals surface area contributed by atoms with Crippen LogP contribution in [-0.2, 0) is 11.3 Å². The highest BCUT2D eigenvalue weighted by molar-refractivity contribution is 6.30. The molecule has 2 N–H and O–H groups in total. The standard InChI is InChI=1S/C18H21ClN2O/c1-13-6-4-5-7-15(13)12-21(3)14(2)18(22)20-17-10-8-16(19)9-11-17/h4-11,14H,12H2,1-3H3,(H,20,22)/p+1/t14-/m0/s1. The van der Waals surface area contributed by atoms with Gasteiger partial charge in [-0.3, -0.25) is 4.79 Å². The van der Waals surface area contributed by atoms with Crippen LogP contribution in [0, 0.1) is 6.92 Å². The fraction of sp³-hybridized carbons (Fsp3) is 0.278. The van der Waals surface area contributed by atoms with Gasteiger partial charge in [-0.2, -0.15) is 0 Å². The van der Waals surface area contributed by atoms with Crippen molar-refractivity contribution in [1.82, 2.24) is 0 Å². The van der Waals surface area contributed by atoms with E-state index in [2.05, 4.69) is 24.4 Å². The molecule has 0 aliphatic rings. The summed E-state index contributed by atoms with van der Waals surface area (Å²) in [5, 5.41) is 3.59. The lowest BCUT2D eigenvalue weighted by molar-refractivity contribution is -0.907. The van der Waals surface area contributed by atoms with Crippen molar-refractivity contribution >= 4 is 23.2 Å². The number of carbonyl (C=O) groups excluding carboxylic acids is 1. The van der Waals surface area contributed by atoms with Gasteiger partial charge in [0.25, 0.3) is 5.91 Å². The van der Waals surface area contributed by atoms with Crippen LogP contribution in [0.25, 0.3) is 0 Å². The van der Waals surface area contributed by atoms with Crippen molar-refractivity contribution in [1.29, 1.82) is 0 Å². The molecular weight excluding hydrogens is 296 g/mol. The number of hydrogen-bond acceptors (Lipinski definition) is 1. The predicted molar refractivity (Wildman–Crippen MR) is 91.3 cm³/mol. The summed E-state index contributed by atoms with van der Waals surface area (Å²) in [5.41, 5.74) is 3.29. The predicted octanol–water partition coefficient (Wildman–Crippen LogP) is 2.69. The fourth-order valence-corrected chi connectivity index (χ4v) is 2.40. The van der Waals surface area contributed by atoms with Gasteiger partial charge in [0.1, 0.15) is 6.54 Å². The van der Waals surface area contributed by atoms with E-state index < -0.39 is 0 Å². The zero-order valence-electron chi connectivity index (χ0n) is 13.2. The third-order valence-electron chi connectivity index (χ3n) is 3.97. The Balaban J connectivity index is 1.97. The molecule has 2 aromatic carbocycles. The van der Waals surface area contributed by atoms with E-state index in [0.717, 1.165) is 17.1 Å². The van der Waals surface area contributed by atoms with Gasteiger partial charge in [0.2, 0.25) is 0 Å². The van der Waals surface area contributed by atoms with Gasteiger partial charge in [-0.1, -0.05) is 35.9 Å². The Labute approximate surface area is 136 Å². The molecule has 0 heterocycles. The largest absolute Gasteiger partial charge is 0.324 e. The summed E-state index contributed by atoms with van der Waals surface area (Å²) in [6, 6.07) is 15.3. The van der Waals surface area contributed by atoms with Crippen LogP contribution >= 0.6 is 11.6 Å². The number of quaternary nitrogens is 1. The third kappa shape index (κ3) is 4.33. The minimum absolute atomic E-state index is 0.00778. The van der Waals surface area contributed by atoms with Crippen molar-refractivity contribution in [3.8, 4) is 0 Å². The normalized spacial score (nSPS) is 13.5. The van der Waals surface area contributed by atoms with Crippen molar-refractivity contribution in [2.75, 3.05) is 12.4 Å². The van der Waals surface area contributed by atoms with Crippen LogP contribution in [0.2, 0.25) is 5.02 Å². The van der Waals surface area contributed by atoms with Gasteiger partial charge in [0.05, 0.1) is 7.05 Å². The number of rotatable bonds is 5. The van der Waals surface area contributed by atoms with Gasteiger partial charge >= 0.3 is 0 Å². The van der Waals surface area contributed by atoms with Crippen molar-refractivity contribution in [3.63, 3.8) is 0 Å². The molecule has 4 heteroatoms. The van der Waals surface area contributed by atoms with Crippen LogP contribution < -0.4 is 10.2 Å². The fourth-order valence-electron chi connectivity index (χ4n) is 2.27. The van der Waals surface area contributed by atoms with Crippen LogP contribution in [0.5, 0.6) is 0 Å². The highest BCUT2D eigenvalue weighted by Gasteiger charge is 2.22. The first kappa shape index (κ1) is 16.5. The summed E-state index contributed by atoms with van der Waals surface area (Å²) >= 11 is 5.85. The zero-order valence-corrected chi connectivity index (χ0v) is 13.9. The number of amides is 1. The number of aryl methyl sites for hydroxylation is 1. The molecule has 22 heavy (non-hydrogen) atoms. The van der Waals surface area contributed by atoms with Gasteiger partial charge in [-0.05, 0) is 43.7 Å². The first-order valence-electron chi connectivity index (χ1n) is 7.40. The molecule has 2 atom stereocenters. The zero-order chi connectivity index (χ0) is 16.1. The van der Waals surface area contributed by atoms with Crippen LogP contribution in [-0.4, -0.2) is 19.0 Å². The number of nitrogens with one attached hydrogen (secondary N) is 2. The van der Waals surface area contributed by atoms with Crippen molar-refractivity contribution in [2.45, 2.75) is 26.4 Å². The van der Waals surface area contributed by atoms with Crippen molar-refractivity contribution in [3.05, 3.63) is 64.7 Å². The number of carbonyl (C=O) groups is 1. The molecule has 2 aromatic rings. The molecule has 0 bridgehead atoms. The monoisotopic (exact) mass is 317 g/mol. The number of benzene rings is 2. The van der Waals surface area contributed by atoms with Crippen molar-refractivity contribution in [2.24, 2.45) is 0 Å². The SMILES string of the molecule is Cc1ccccc1C[NH+](C)[C@@H](C)C(=O)Nc1ccc(Cl)cc1. The molecular formula is C18H22ClN2O+. The van der Waals surface area contributed by atoms with Crippen LogP contribution in [0.1, 0.15) is 18.1 Å². The van der Waals surface area contributed by atoms with Gasteiger partial charge in [-0.25, -0.2) is 0 Å². The van der Waals surface area contributed by atoms with Gasteiger partial charge in [-0.15, -0.1) is 0 Å². The first-order chi connectivity index (χ1) is 10.5. The summed E-state index contributed by atoms with van der Waals surface area (Å²) in [6.45, 7) is 4.86. The Kier molecular flexibility index (Phi) is 5.58. The van der Waals surface area contributed by atoms with E-state index in [1.54, 1.807) is 12.1 Å². The van der Waals surface area contributed by atoms with Crippen LogP contribution in [0.3, 0.4) is 0 Å². The smallest absolute Gasteiger partial charge is 0.282 e. The average molecular weight is 318 g/mol. The summed E-state index contributed by atoms with van der Waals surface area (Å²) in [6.07, 6.45) is 0. The Morgan fingerprint density at radius 1 is 1.18 bits per heavy atom. The number of halogens is 1. The second-order valence-electron chi connectivity index (χ2n) is 5.67. The maximum absolute atomic E-state index is 12.3. The minimum Gasteiger partial charge on any atom is -0.324 e. The molecule has 0 aliphatic carbocycles. The summed E-state index contributed by atoms with van der Waals surface area (Å²) < 4.78 is 0. The average Bonchev–Trinajstić information content (AvgIpc) is 2.51. The van der Waals surface area contributed by atoms with Crippen LogP contribution in [0.15, 0.2) is 48.5 Å².